The van der Waals surface area contributed by atoms with Gasteiger partial charge in [0.1, 0.15) is 16.1 Å². The second kappa shape index (κ2) is 5.79. The van der Waals surface area contributed by atoms with Crippen molar-refractivity contribution < 1.29 is 9.59 Å². The fraction of sp³-hybridized carbons (Fsp3) is 0.375. The quantitative estimate of drug-likeness (QED) is 0.392. The lowest BCUT2D eigenvalue weighted by atomic mass is 9.96. The van der Waals surface area contributed by atoms with Crippen LogP contribution in [0, 0.1) is 22.9 Å². The number of ketones is 2. The number of hydrogen-bond acceptors (Lipinski definition) is 2. The Balaban J connectivity index is 3.38. The minimum absolute atomic E-state index is 0.213. The van der Waals surface area contributed by atoms with E-state index in [0.29, 0.717) is 0 Å². The van der Waals surface area contributed by atoms with Crippen molar-refractivity contribution in [3.8, 4) is 22.9 Å². The van der Waals surface area contributed by atoms with E-state index in [1.165, 1.54) is 12.2 Å². The largest absolute Gasteiger partial charge is 0.289 e. The summed E-state index contributed by atoms with van der Waals surface area (Å²) in [5.74, 6) is 5.40. The number of allylic oxidation sites excluding steroid dienone is 4. The molecule has 1 aliphatic carbocycles. The Hall–Kier alpha value is -1.63. The molecule has 1 rings (SSSR count). The standard InChI is InChI=1S/C16H20O2Si2/c1-19(2,3)11-9-13-14(10-12-20(4,5)6)16(18)8-7-15(13)17/h7-8H,1-6H3. The van der Waals surface area contributed by atoms with Gasteiger partial charge in [-0.2, -0.15) is 0 Å². The average Bonchev–Trinajstić information content (AvgIpc) is 2.26. The fourth-order valence-corrected chi connectivity index (χ4v) is 2.31. The molecule has 0 heterocycles. The van der Waals surface area contributed by atoms with Crippen molar-refractivity contribution in [2.45, 2.75) is 39.3 Å². The maximum atomic E-state index is 12.0. The normalized spacial score (nSPS) is 15.5. The van der Waals surface area contributed by atoms with Crippen molar-refractivity contribution in [1.29, 1.82) is 0 Å². The van der Waals surface area contributed by atoms with Crippen LogP contribution >= 0.6 is 0 Å². The third kappa shape index (κ3) is 5.16. The summed E-state index contributed by atoms with van der Waals surface area (Å²) in [4.78, 5) is 23.9. The second-order valence-corrected chi connectivity index (χ2v) is 16.3. The SMILES string of the molecule is C[Si](C)(C)C#CC1=C(C#C[Si](C)(C)C)C(=O)C=CC1=O. The van der Waals surface area contributed by atoms with Crippen LogP contribution in [0.2, 0.25) is 39.3 Å². The number of rotatable bonds is 0. The lowest BCUT2D eigenvalue weighted by Crippen LogP contribution is -2.19. The lowest BCUT2D eigenvalue weighted by Gasteiger charge is -2.08. The van der Waals surface area contributed by atoms with Crippen molar-refractivity contribution in [2.75, 3.05) is 0 Å². The van der Waals surface area contributed by atoms with E-state index >= 15 is 0 Å². The van der Waals surface area contributed by atoms with Crippen LogP contribution in [0.15, 0.2) is 23.3 Å². The topological polar surface area (TPSA) is 34.1 Å². The summed E-state index contributed by atoms with van der Waals surface area (Å²) in [5, 5.41) is 0. The zero-order chi connectivity index (χ0) is 15.6. The van der Waals surface area contributed by atoms with Crippen LogP contribution in [0.4, 0.5) is 0 Å². The highest BCUT2D eigenvalue weighted by Crippen LogP contribution is 2.14. The number of carbonyl (C=O) groups excluding carboxylic acids is 2. The first kappa shape index (κ1) is 16.4. The van der Waals surface area contributed by atoms with E-state index in [9.17, 15) is 9.59 Å². The van der Waals surface area contributed by atoms with Crippen LogP contribution in [-0.4, -0.2) is 27.7 Å². The zero-order valence-corrected chi connectivity index (χ0v) is 15.0. The van der Waals surface area contributed by atoms with E-state index in [0.717, 1.165) is 0 Å². The maximum Gasteiger partial charge on any atom is 0.195 e. The Kier molecular flexibility index (Phi) is 4.75. The molecule has 0 aromatic rings. The van der Waals surface area contributed by atoms with Gasteiger partial charge in [0.15, 0.2) is 11.6 Å². The minimum Gasteiger partial charge on any atom is -0.289 e. The van der Waals surface area contributed by atoms with E-state index in [2.05, 4.69) is 62.2 Å². The highest BCUT2D eigenvalue weighted by atomic mass is 28.3. The molecule has 1 aliphatic rings. The highest BCUT2D eigenvalue weighted by molar-refractivity contribution is 6.84. The van der Waals surface area contributed by atoms with Crippen LogP contribution in [0.1, 0.15) is 0 Å². The Labute approximate surface area is 123 Å². The predicted molar refractivity (Wildman–Crippen MR) is 88.4 cm³/mol. The van der Waals surface area contributed by atoms with Gasteiger partial charge in [0.25, 0.3) is 0 Å². The predicted octanol–water partition coefficient (Wildman–Crippen LogP) is 2.75. The summed E-state index contributed by atoms with van der Waals surface area (Å²) in [5.41, 5.74) is 6.81. The van der Waals surface area contributed by atoms with Crippen LogP contribution in [-0.2, 0) is 9.59 Å². The Morgan fingerprint density at radius 3 is 1.25 bits per heavy atom. The van der Waals surface area contributed by atoms with E-state index < -0.39 is 16.1 Å². The summed E-state index contributed by atoms with van der Waals surface area (Å²) in [6, 6.07) is 0. The molecule has 0 amide bonds. The molecular formula is C16H20O2Si2. The van der Waals surface area contributed by atoms with Gasteiger partial charge in [-0.15, -0.1) is 11.1 Å². The highest BCUT2D eigenvalue weighted by Gasteiger charge is 2.21. The van der Waals surface area contributed by atoms with Crippen LogP contribution < -0.4 is 0 Å². The molecule has 2 nitrogen and oxygen atoms in total. The van der Waals surface area contributed by atoms with Gasteiger partial charge in [0.05, 0.1) is 11.1 Å². The van der Waals surface area contributed by atoms with Gasteiger partial charge in [0.2, 0.25) is 0 Å². The molecule has 0 bridgehead atoms. The Bertz CT molecular complexity index is 574. The molecule has 104 valence electrons. The molecule has 0 atom stereocenters. The number of hydrogen-bond donors (Lipinski definition) is 0. The Morgan fingerprint density at radius 2 is 1.00 bits per heavy atom. The summed E-state index contributed by atoms with van der Waals surface area (Å²) < 4.78 is 0. The first-order valence-corrected chi connectivity index (χ1v) is 13.6. The fourth-order valence-electron chi connectivity index (χ4n) is 1.31. The van der Waals surface area contributed by atoms with E-state index in [4.69, 9.17) is 0 Å². The molecule has 0 aromatic heterocycles. The summed E-state index contributed by atoms with van der Waals surface area (Å²) in [6.45, 7) is 12.6. The van der Waals surface area contributed by atoms with E-state index in [1.807, 2.05) is 0 Å². The average molecular weight is 301 g/mol. The maximum absolute atomic E-state index is 12.0. The monoisotopic (exact) mass is 300 g/mol. The van der Waals surface area contributed by atoms with Crippen LogP contribution in [0.3, 0.4) is 0 Å². The first-order chi connectivity index (χ1) is 8.99. The van der Waals surface area contributed by atoms with Gasteiger partial charge in [-0.25, -0.2) is 0 Å². The summed E-state index contributed by atoms with van der Waals surface area (Å²) >= 11 is 0. The molecule has 0 aliphatic heterocycles. The summed E-state index contributed by atoms with van der Waals surface area (Å²) in [6.07, 6.45) is 2.58. The van der Waals surface area contributed by atoms with Gasteiger partial charge in [0, 0.05) is 0 Å². The smallest absolute Gasteiger partial charge is 0.195 e. The number of carbonyl (C=O) groups is 2. The molecule has 0 radical (unpaired) electrons. The van der Waals surface area contributed by atoms with Gasteiger partial charge < -0.3 is 0 Å². The summed E-state index contributed by atoms with van der Waals surface area (Å²) in [7, 11) is -3.21. The van der Waals surface area contributed by atoms with Crippen molar-refractivity contribution in [3.63, 3.8) is 0 Å². The second-order valence-electron chi connectivity index (χ2n) is 6.81. The molecule has 0 N–H and O–H groups in total. The molecule has 20 heavy (non-hydrogen) atoms. The third-order valence-corrected chi connectivity index (χ3v) is 4.00. The van der Waals surface area contributed by atoms with E-state index in [-0.39, 0.29) is 22.7 Å². The lowest BCUT2D eigenvalue weighted by molar-refractivity contribution is -0.114. The van der Waals surface area contributed by atoms with E-state index in [1.54, 1.807) is 0 Å². The van der Waals surface area contributed by atoms with Crippen LogP contribution in [0.25, 0.3) is 0 Å². The van der Waals surface area contributed by atoms with Crippen LogP contribution in [0.5, 0.6) is 0 Å². The zero-order valence-electron chi connectivity index (χ0n) is 13.0. The van der Waals surface area contributed by atoms with Gasteiger partial charge in [-0.1, -0.05) is 51.1 Å². The van der Waals surface area contributed by atoms with Crippen molar-refractivity contribution in [3.05, 3.63) is 23.3 Å². The molecule has 0 aromatic carbocycles. The Morgan fingerprint density at radius 1 is 0.700 bits per heavy atom. The van der Waals surface area contributed by atoms with Crippen molar-refractivity contribution >= 4 is 27.7 Å². The molecule has 0 unspecified atom stereocenters. The first-order valence-electron chi connectivity index (χ1n) is 6.57. The molecule has 4 heteroatoms. The van der Waals surface area contributed by atoms with Gasteiger partial charge in [-0.3, -0.25) is 9.59 Å². The molecular weight excluding hydrogens is 280 g/mol. The third-order valence-electron chi connectivity index (χ3n) is 2.25. The van der Waals surface area contributed by atoms with Crippen molar-refractivity contribution in [2.24, 2.45) is 0 Å². The van der Waals surface area contributed by atoms with Gasteiger partial charge in [-0.05, 0) is 12.2 Å². The molecule has 0 saturated heterocycles. The van der Waals surface area contributed by atoms with Crippen molar-refractivity contribution in [1.82, 2.24) is 0 Å². The molecule has 0 fully saturated rings. The minimum atomic E-state index is -1.60. The van der Waals surface area contributed by atoms with Gasteiger partial charge >= 0.3 is 0 Å². The molecule has 0 spiro atoms. The molecule has 0 saturated carbocycles.